The van der Waals surface area contributed by atoms with Gasteiger partial charge in [-0.2, -0.15) is 5.26 Å². The molecule has 2 atom stereocenters. The predicted molar refractivity (Wildman–Crippen MR) is 117 cm³/mol. The maximum atomic E-state index is 12.6. The molecule has 0 aliphatic heterocycles. The van der Waals surface area contributed by atoms with Crippen molar-refractivity contribution in [2.24, 2.45) is 5.92 Å². The summed E-state index contributed by atoms with van der Waals surface area (Å²) in [7, 11) is 1.57. The maximum absolute atomic E-state index is 12.6. The molecule has 1 amide bonds. The number of carbonyl (C=O) groups excluding carboxylic acids is 1. The number of methoxy groups -OCH3 is 1. The third-order valence-corrected chi connectivity index (χ3v) is 5.53. The van der Waals surface area contributed by atoms with E-state index < -0.39 is 0 Å². The molecule has 0 heterocycles. The molecule has 30 heavy (non-hydrogen) atoms. The summed E-state index contributed by atoms with van der Waals surface area (Å²) in [6.07, 6.45) is 5.98. The number of nitriles is 1. The first-order valence-corrected chi connectivity index (χ1v) is 10.4. The standard InChI is InChI=1S/C25H28N2O3/c1-18-8-6-7-11-22(18)27-25(28)21(16-26)14-20-12-13-23(24(15-20)29-2)30-17-19-9-4-3-5-10-19/h3-5,9-10,12-15,18,22H,6-8,11,17H2,1-2H3,(H,27,28)/b21-14+/t18-,22+/m1/s1. The molecule has 5 nitrogen and oxygen atoms in total. The molecular weight excluding hydrogens is 376 g/mol. The lowest BCUT2D eigenvalue weighted by Crippen LogP contribution is -2.41. The van der Waals surface area contributed by atoms with Crippen LogP contribution < -0.4 is 14.8 Å². The van der Waals surface area contributed by atoms with Crippen LogP contribution in [-0.4, -0.2) is 19.1 Å². The van der Waals surface area contributed by atoms with Crippen molar-refractivity contribution in [3.05, 3.63) is 65.2 Å². The van der Waals surface area contributed by atoms with Gasteiger partial charge in [-0.05, 0) is 48.1 Å². The largest absolute Gasteiger partial charge is 0.493 e. The molecular formula is C25H28N2O3. The van der Waals surface area contributed by atoms with Gasteiger partial charge in [0.2, 0.25) is 0 Å². The van der Waals surface area contributed by atoms with Crippen LogP contribution >= 0.6 is 0 Å². The summed E-state index contributed by atoms with van der Waals surface area (Å²) in [4.78, 5) is 12.6. The molecule has 0 bridgehead atoms. The molecule has 3 rings (SSSR count). The Bertz CT molecular complexity index is 931. The van der Waals surface area contributed by atoms with Crippen molar-refractivity contribution in [2.45, 2.75) is 45.3 Å². The van der Waals surface area contributed by atoms with Gasteiger partial charge in [-0.25, -0.2) is 0 Å². The fourth-order valence-electron chi connectivity index (χ4n) is 3.72. The maximum Gasteiger partial charge on any atom is 0.262 e. The van der Waals surface area contributed by atoms with Gasteiger partial charge >= 0.3 is 0 Å². The topological polar surface area (TPSA) is 71.3 Å². The zero-order valence-corrected chi connectivity index (χ0v) is 17.6. The van der Waals surface area contributed by atoms with E-state index in [1.165, 1.54) is 6.42 Å². The average molecular weight is 405 g/mol. The number of nitrogens with one attached hydrogen (secondary N) is 1. The molecule has 1 aliphatic carbocycles. The van der Waals surface area contributed by atoms with E-state index in [4.69, 9.17) is 9.47 Å². The van der Waals surface area contributed by atoms with Crippen molar-refractivity contribution in [1.82, 2.24) is 5.32 Å². The lowest BCUT2D eigenvalue weighted by atomic mass is 9.86. The molecule has 1 fully saturated rings. The monoisotopic (exact) mass is 404 g/mol. The Balaban J connectivity index is 1.71. The second kappa shape index (κ2) is 10.5. The van der Waals surface area contributed by atoms with Crippen LogP contribution in [0.4, 0.5) is 0 Å². The fourth-order valence-corrected chi connectivity index (χ4v) is 3.72. The number of amides is 1. The van der Waals surface area contributed by atoms with Crippen LogP contribution in [0.15, 0.2) is 54.1 Å². The van der Waals surface area contributed by atoms with E-state index in [2.05, 4.69) is 12.2 Å². The number of nitrogens with zero attached hydrogens (tertiary/aromatic N) is 1. The van der Waals surface area contributed by atoms with Gasteiger partial charge in [0.25, 0.3) is 5.91 Å². The Morgan fingerprint density at radius 2 is 1.93 bits per heavy atom. The minimum Gasteiger partial charge on any atom is -0.493 e. The van der Waals surface area contributed by atoms with E-state index in [9.17, 15) is 10.1 Å². The summed E-state index contributed by atoms with van der Waals surface area (Å²) >= 11 is 0. The highest BCUT2D eigenvalue weighted by molar-refractivity contribution is 6.01. The Labute approximate surface area is 178 Å². The van der Waals surface area contributed by atoms with E-state index in [0.717, 1.165) is 24.8 Å². The lowest BCUT2D eigenvalue weighted by Gasteiger charge is -2.29. The summed E-state index contributed by atoms with van der Waals surface area (Å²) in [6.45, 7) is 2.58. The predicted octanol–water partition coefficient (Wildman–Crippen LogP) is 4.88. The van der Waals surface area contributed by atoms with E-state index in [1.54, 1.807) is 25.3 Å². The molecule has 0 aromatic heterocycles. The highest BCUT2D eigenvalue weighted by atomic mass is 16.5. The van der Waals surface area contributed by atoms with Gasteiger partial charge in [-0.1, -0.05) is 56.2 Å². The quantitative estimate of drug-likeness (QED) is 0.528. The lowest BCUT2D eigenvalue weighted by molar-refractivity contribution is -0.118. The van der Waals surface area contributed by atoms with Crippen LogP contribution in [0.25, 0.3) is 6.08 Å². The Morgan fingerprint density at radius 3 is 2.63 bits per heavy atom. The molecule has 0 radical (unpaired) electrons. The van der Waals surface area contributed by atoms with Crippen molar-refractivity contribution in [3.63, 3.8) is 0 Å². The molecule has 0 unspecified atom stereocenters. The van der Waals surface area contributed by atoms with Crippen LogP contribution in [0, 0.1) is 17.2 Å². The first-order chi connectivity index (χ1) is 14.6. The first-order valence-electron chi connectivity index (χ1n) is 10.4. The minimum atomic E-state index is -0.320. The van der Waals surface area contributed by atoms with Crippen LogP contribution in [-0.2, 0) is 11.4 Å². The third kappa shape index (κ3) is 5.64. The number of ether oxygens (including phenoxy) is 2. The highest BCUT2D eigenvalue weighted by Crippen LogP contribution is 2.30. The Hall–Kier alpha value is -3.26. The smallest absolute Gasteiger partial charge is 0.262 e. The zero-order chi connectivity index (χ0) is 21.3. The van der Waals surface area contributed by atoms with Gasteiger partial charge in [-0.15, -0.1) is 0 Å². The summed E-state index contributed by atoms with van der Waals surface area (Å²) in [5.74, 6) is 1.28. The van der Waals surface area contributed by atoms with Crippen molar-refractivity contribution in [2.75, 3.05) is 7.11 Å². The molecule has 0 spiro atoms. The first kappa shape index (κ1) is 21.4. The van der Waals surface area contributed by atoms with Gasteiger partial charge in [0.15, 0.2) is 11.5 Å². The van der Waals surface area contributed by atoms with Gasteiger partial charge in [0.1, 0.15) is 18.2 Å². The molecule has 1 aliphatic rings. The van der Waals surface area contributed by atoms with Crippen LogP contribution in [0.3, 0.4) is 0 Å². The molecule has 156 valence electrons. The highest BCUT2D eigenvalue weighted by Gasteiger charge is 2.24. The molecule has 1 saturated carbocycles. The van der Waals surface area contributed by atoms with E-state index >= 15 is 0 Å². The summed E-state index contributed by atoms with van der Waals surface area (Å²) < 4.78 is 11.3. The fraction of sp³-hybridized carbons (Fsp3) is 0.360. The number of rotatable bonds is 7. The summed E-state index contributed by atoms with van der Waals surface area (Å²) in [6, 6.07) is 17.4. The van der Waals surface area contributed by atoms with Crippen molar-refractivity contribution >= 4 is 12.0 Å². The number of hydrogen-bond donors (Lipinski definition) is 1. The average Bonchev–Trinajstić information content (AvgIpc) is 2.78. The molecule has 1 N–H and O–H groups in total. The van der Waals surface area contributed by atoms with E-state index in [1.807, 2.05) is 42.5 Å². The van der Waals surface area contributed by atoms with Crippen molar-refractivity contribution in [3.8, 4) is 17.6 Å². The van der Waals surface area contributed by atoms with Crippen molar-refractivity contribution in [1.29, 1.82) is 5.26 Å². The number of carbonyl (C=O) groups is 1. The molecule has 2 aromatic carbocycles. The number of hydrogen-bond acceptors (Lipinski definition) is 4. The minimum absolute atomic E-state index is 0.0905. The van der Waals surface area contributed by atoms with Crippen LogP contribution in [0.5, 0.6) is 11.5 Å². The molecule has 2 aromatic rings. The molecule has 5 heteroatoms. The number of benzene rings is 2. The van der Waals surface area contributed by atoms with E-state index in [0.29, 0.717) is 29.6 Å². The van der Waals surface area contributed by atoms with Gasteiger partial charge < -0.3 is 14.8 Å². The van der Waals surface area contributed by atoms with Gasteiger partial charge in [0.05, 0.1) is 7.11 Å². The third-order valence-electron chi connectivity index (χ3n) is 5.53. The van der Waals surface area contributed by atoms with Gasteiger partial charge in [-0.3, -0.25) is 4.79 Å². The second-order valence-corrected chi connectivity index (χ2v) is 7.70. The molecule has 0 saturated heterocycles. The van der Waals surface area contributed by atoms with E-state index in [-0.39, 0.29) is 17.5 Å². The van der Waals surface area contributed by atoms with Crippen molar-refractivity contribution < 1.29 is 14.3 Å². The summed E-state index contributed by atoms with van der Waals surface area (Å²) in [5, 5.41) is 12.5. The summed E-state index contributed by atoms with van der Waals surface area (Å²) in [5.41, 5.74) is 1.86. The zero-order valence-electron chi connectivity index (χ0n) is 17.6. The van der Waals surface area contributed by atoms with Gasteiger partial charge in [0, 0.05) is 6.04 Å². The Kier molecular flexibility index (Phi) is 7.51. The second-order valence-electron chi connectivity index (χ2n) is 7.70. The van der Waals surface area contributed by atoms with Crippen LogP contribution in [0.1, 0.15) is 43.7 Å². The normalized spacial score (nSPS) is 18.9. The van der Waals surface area contributed by atoms with Crippen LogP contribution in [0.2, 0.25) is 0 Å². The Morgan fingerprint density at radius 1 is 1.17 bits per heavy atom. The SMILES string of the molecule is COc1cc(/C=C(\C#N)C(=O)N[C@H]2CCCC[C@H]2C)ccc1OCc1ccccc1.